The molecule has 18 heavy (non-hydrogen) atoms. The molecule has 0 bridgehead atoms. The highest BCUT2D eigenvalue weighted by Crippen LogP contribution is 2.12. The second-order valence-electron chi connectivity index (χ2n) is 4.29. The fourth-order valence-electron chi connectivity index (χ4n) is 1.94. The first-order chi connectivity index (χ1) is 8.74. The average molecular weight is 236 g/mol. The maximum Gasteiger partial charge on any atom is 0.352 e. The van der Waals surface area contributed by atoms with Gasteiger partial charge in [0.2, 0.25) is 0 Å². The first kappa shape index (κ1) is 10.7. The molecule has 0 N–H and O–H groups in total. The Morgan fingerprint density at radius 2 is 1.72 bits per heavy atom. The Morgan fingerprint density at radius 1 is 1.00 bits per heavy atom. The minimum atomic E-state index is -0.252. The Balaban J connectivity index is 2.26. The summed E-state index contributed by atoms with van der Waals surface area (Å²) in [4.78, 5) is 16.1. The molecular weight excluding hydrogens is 224 g/mol. The summed E-state index contributed by atoms with van der Waals surface area (Å²) >= 11 is 0. The van der Waals surface area contributed by atoms with Gasteiger partial charge in [0, 0.05) is 11.6 Å². The van der Waals surface area contributed by atoms with Gasteiger partial charge >= 0.3 is 5.69 Å². The molecule has 0 amide bonds. The van der Waals surface area contributed by atoms with E-state index in [1.54, 1.807) is 4.57 Å². The maximum absolute atomic E-state index is 12.0. The van der Waals surface area contributed by atoms with Crippen LogP contribution in [0.5, 0.6) is 0 Å². The lowest BCUT2D eigenvalue weighted by Gasteiger charge is -2.06. The van der Waals surface area contributed by atoms with E-state index in [0.29, 0.717) is 0 Å². The number of hydrogen-bond acceptors (Lipinski definition) is 2. The third-order valence-electron chi connectivity index (χ3n) is 2.94. The number of aryl methyl sites for hydroxylation is 1. The fourth-order valence-corrected chi connectivity index (χ4v) is 1.94. The first-order valence-electron chi connectivity index (χ1n) is 5.79. The van der Waals surface area contributed by atoms with Gasteiger partial charge in [0.25, 0.3) is 0 Å². The summed E-state index contributed by atoms with van der Waals surface area (Å²) in [6, 6.07) is 15.4. The second-order valence-corrected chi connectivity index (χ2v) is 4.29. The number of nitrogens with zero attached hydrogens (tertiary/aromatic N) is 2. The van der Waals surface area contributed by atoms with Crippen molar-refractivity contribution >= 4 is 10.9 Å². The topological polar surface area (TPSA) is 34.9 Å². The van der Waals surface area contributed by atoms with Gasteiger partial charge in [-0.05, 0) is 25.1 Å². The monoisotopic (exact) mass is 236 g/mol. The zero-order valence-electron chi connectivity index (χ0n) is 10.00. The van der Waals surface area contributed by atoms with E-state index in [2.05, 4.69) is 4.98 Å². The van der Waals surface area contributed by atoms with Crippen LogP contribution in [0.1, 0.15) is 5.56 Å². The molecule has 2 aromatic carbocycles. The number of fused-ring (bicyclic) bond motifs is 1. The molecule has 3 aromatic rings. The molecule has 0 saturated carbocycles. The third-order valence-corrected chi connectivity index (χ3v) is 2.94. The summed E-state index contributed by atoms with van der Waals surface area (Å²) in [5.41, 5.74) is 2.48. The normalized spacial score (nSPS) is 10.7. The van der Waals surface area contributed by atoms with E-state index in [-0.39, 0.29) is 5.69 Å². The molecule has 0 radical (unpaired) electrons. The van der Waals surface area contributed by atoms with Crippen molar-refractivity contribution in [2.24, 2.45) is 0 Å². The molecule has 0 aliphatic carbocycles. The smallest absolute Gasteiger partial charge is 0.267 e. The molecule has 0 saturated heterocycles. The van der Waals surface area contributed by atoms with Crippen molar-refractivity contribution in [2.75, 3.05) is 0 Å². The molecule has 0 aliphatic rings. The van der Waals surface area contributed by atoms with Crippen LogP contribution in [0.25, 0.3) is 16.6 Å². The van der Waals surface area contributed by atoms with Gasteiger partial charge in [0.1, 0.15) is 0 Å². The van der Waals surface area contributed by atoms with E-state index < -0.39 is 0 Å². The predicted molar refractivity (Wildman–Crippen MR) is 72.1 cm³/mol. The van der Waals surface area contributed by atoms with Crippen molar-refractivity contribution in [1.82, 2.24) is 9.55 Å². The van der Waals surface area contributed by atoms with Gasteiger partial charge in [-0.25, -0.2) is 4.79 Å². The molecule has 3 nitrogen and oxygen atoms in total. The number of rotatable bonds is 1. The average Bonchev–Trinajstić information content (AvgIpc) is 2.39. The Kier molecular flexibility index (Phi) is 2.45. The van der Waals surface area contributed by atoms with Crippen LogP contribution in [0.15, 0.2) is 59.5 Å². The van der Waals surface area contributed by atoms with Crippen LogP contribution in [-0.4, -0.2) is 9.55 Å². The van der Waals surface area contributed by atoms with E-state index in [4.69, 9.17) is 0 Å². The summed E-state index contributed by atoms with van der Waals surface area (Å²) in [6.45, 7) is 2.02. The Labute approximate surface area is 104 Å². The van der Waals surface area contributed by atoms with Gasteiger partial charge in [-0.15, -0.1) is 0 Å². The van der Waals surface area contributed by atoms with Gasteiger partial charge in [0.15, 0.2) is 0 Å². The summed E-state index contributed by atoms with van der Waals surface area (Å²) in [5.74, 6) is 0. The number of para-hydroxylation sites is 1. The highest BCUT2D eigenvalue weighted by molar-refractivity contribution is 5.77. The molecule has 0 spiro atoms. The van der Waals surface area contributed by atoms with Crippen LogP contribution in [0, 0.1) is 6.92 Å². The minimum absolute atomic E-state index is 0.252. The standard InChI is InChI=1S/C15H12N2O/c1-11-6-8-13(9-7-11)17-10-12-4-2-3-5-14(12)16-15(17)18/h2-10H,1H3. The van der Waals surface area contributed by atoms with Crippen molar-refractivity contribution in [3.63, 3.8) is 0 Å². The fraction of sp³-hybridized carbons (Fsp3) is 0.0667. The van der Waals surface area contributed by atoms with Crippen LogP contribution in [-0.2, 0) is 0 Å². The van der Waals surface area contributed by atoms with E-state index in [1.165, 1.54) is 5.56 Å². The quantitative estimate of drug-likeness (QED) is 0.651. The summed E-state index contributed by atoms with van der Waals surface area (Å²) in [6.07, 6.45) is 1.83. The highest BCUT2D eigenvalue weighted by atomic mass is 16.1. The van der Waals surface area contributed by atoms with Gasteiger partial charge < -0.3 is 0 Å². The van der Waals surface area contributed by atoms with Crippen molar-refractivity contribution in [3.05, 3.63) is 70.8 Å². The molecular formula is C15H12N2O. The largest absolute Gasteiger partial charge is 0.352 e. The molecule has 0 fully saturated rings. The molecule has 88 valence electrons. The lowest BCUT2D eigenvalue weighted by Crippen LogP contribution is -2.20. The van der Waals surface area contributed by atoms with Gasteiger partial charge in [0.05, 0.1) is 11.2 Å². The Hall–Kier alpha value is -2.42. The van der Waals surface area contributed by atoms with Gasteiger partial charge in [-0.2, -0.15) is 4.98 Å². The Morgan fingerprint density at radius 3 is 2.50 bits per heavy atom. The van der Waals surface area contributed by atoms with Crippen LogP contribution >= 0.6 is 0 Å². The van der Waals surface area contributed by atoms with Crippen LogP contribution in [0.3, 0.4) is 0 Å². The third kappa shape index (κ3) is 1.80. The summed E-state index contributed by atoms with van der Waals surface area (Å²) in [5, 5.41) is 0.956. The number of aromatic nitrogens is 2. The summed E-state index contributed by atoms with van der Waals surface area (Å²) in [7, 11) is 0. The van der Waals surface area contributed by atoms with Crippen LogP contribution in [0.4, 0.5) is 0 Å². The van der Waals surface area contributed by atoms with E-state index in [0.717, 1.165) is 16.6 Å². The first-order valence-corrected chi connectivity index (χ1v) is 5.79. The number of hydrogen-bond donors (Lipinski definition) is 0. The van der Waals surface area contributed by atoms with Crippen molar-refractivity contribution in [1.29, 1.82) is 0 Å². The maximum atomic E-state index is 12.0. The molecule has 0 unspecified atom stereocenters. The Bertz CT molecular complexity index is 757. The predicted octanol–water partition coefficient (Wildman–Crippen LogP) is 2.69. The lowest BCUT2D eigenvalue weighted by atomic mass is 10.2. The van der Waals surface area contributed by atoms with E-state index >= 15 is 0 Å². The molecule has 3 heteroatoms. The molecule has 3 rings (SSSR count). The molecule has 0 aliphatic heterocycles. The van der Waals surface area contributed by atoms with E-state index in [1.807, 2.05) is 61.7 Å². The van der Waals surface area contributed by atoms with Crippen molar-refractivity contribution in [3.8, 4) is 5.69 Å². The van der Waals surface area contributed by atoms with E-state index in [9.17, 15) is 4.79 Å². The van der Waals surface area contributed by atoms with Gasteiger partial charge in [-0.1, -0.05) is 35.9 Å². The number of benzene rings is 2. The lowest BCUT2D eigenvalue weighted by molar-refractivity contribution is 0.938. The molecule has 0 atom stereocenters. The summed E-state index contributed by atoms with van der Waals surface area (Å²) < 4.78 is 1.57. The van der Waals surface area contributed by atoms with Crippen LogP contribution in [0.2, 0.25) is 0 Å². The highest BCUT2D eigenvalue weighted by Gasteiger charge is 2.02. The zero-order chi connectivity index (χ0) is 12.5. The van der Waals surface area contributed by atoms with Crippen LogP contribution < -0.4 is 5.69 Å². The molecule has 1 aromatic heterocycles. The molecule has 1 heterocycles. The van der Waals surface area contributed by atoms with Crippen molar-refractivity contribution in [2.45, 2.75) is 6.92 Å². The second kappa shape index (κ2) is 4.11. The van der Waals surface area contributed by atoms with Crippen molar-refractivity contribution < 1.29 is 0 Å². The van der Waals surface area contributed by atoms with Gasteiger partial charge in [-0.3, -0.25) is 4.57 Å². The SMILES string of the molecule is Cc1ccc(-n2cc3ccccc3nc2=O)cc1. The minimum Gasteiger partial charge on any atom is -0.267 e. The zero-order valence-corrected chi connectivity index (χ0v) is 10.00.